The van der Waals surface area contributed by atoms with Gasteiger partial charge in [0.1, 0.15) is 5.69 Å². The van der Waals surface area contributed by atoms with Gasteiger partial charge in [0, 0.05) is 10.9 Å². The van der Waals surface area contributed by atoms with Gasteiger partial charge in [-0.15, -0.1) is 0 Å². The highest BCUT2D eigenvalue weighted by atomic mass is 19.3. The molecular weight excluding hydrogens is 288 g/mol. The van der Waals surface area contributed by atoms with E-state index in [4.69, 9.17) is 0 Å². The molecule has 0 unspecified atom stereocenters. The number of halogens is 2. The zero-order valence-electron chi connectivity index (χ0n) is 11.3. The molecule has 1 aromatic heterocycles. The van der Waals surface area contributed by atoms with E-state index in [0.717, 1.165) is 0 Å². The normalized spacial score (nSPS) is 11.0. The van der Waals surface area contributed by atoms with Gasteiger partial charge in [-0.05, 0) is 11.6 Å². The first-order valence-electron chi connectivity index (χ1n) is 6.59. The van der Waals surface area contributed by atoms with Crippen molar-refractivity contribution in [2.45, 2.75) is 6.43 Å². The van der Waals surface area contributed by atoms with Crippen molar-refractivity contribution in [3.8, 4) is 11.1 Å². The van der Waals surface area contributed by atoms with Gasteiger partial charge in [-0.1, -0.05) is 48.5 Å². The molecule has 0 saturated heterocycles. The van der Waals surface area contributed by atoms with Crippen LogP contribution in [0.3, 0.4) is 0 Å². The molecule has 0 atom stereocenters. The van der Waals surface area contributed by atoms with E-state index in [1.165, 1.54) is 0 Å². The fourth-order valence-electron chi connectivity index (χ4n) is 2.51. The summed E-state index contributed by atoms with van der Waals surface area (Å²) in [6, 6.07) is 15.3. The number of aromatic nitrogens is 1. The zero-order chi connectivity index (χ0) is 15.7. The molecule has 0 fully saturated rings. The first-order valence-corrected chi connectivity index (χ1v) is 6.59. The lowest BCUT2D eigenvalue weighted by Crippen LogP contribution is -2.09. The molecule has 3 aromatic rings. The predicted octanol–water partition coefficient (Wildman–Crippen LogP) is 4.54. The quantitative estimate of drug-likeness (QED) is 0.772. The molecule has 1 N–H and O–H groups in total. The molecule has 0 aliphatic heterocycles. The fourth-order valence-corrected chi connectivity index (χ4v) is 2.51. The number of benzene rings is 2. The van der Waals surface area contributed by atoms with E-state index in [2.05, 4.69) is 4.98 Å². The van der Waals surface area contributed by atoms with E-state index in [-0.39, 0.29) is 5.56 Å². The highest BCUT2D eigenvalue weighted by Gasteiger charge is 2.26. The Balaban J connectivity index is 2.50. The number of carboxylic acids is 1. The number of fused-ring (bicyclic) bond motifs is 1. The highest BCUT2D eigenvalue weighted by molar-refractivity contribution is 6.07. The van der Waals surface area contributed by atoms with Gasteiger partial charge in [0.15, 0.2) is 0 Å². The Kier molecular flexibility index (Phi) is 3.55. The second-order valence-electron chi connectivity index (χ2n) is 4.74. The Bertz CT molecular complexity index is 848. The second kappa shape index (κ2) is 5.52. The van der Waals surface area contributed by atoms with Crippen molar-refractivity contribution in [1.82, 2.24) is 4.98 Å². The van der Waals surface area contributed by atoms with E-state index in [9.17, 15) is 18.7 Å². The van der Waals surface area contributed by atoms with Crippen LogP contribution in [0.1, 0.15) is 22.5 Å². The van der Waals surface area contributed by atoms with E-state index >= 15 is 0 Å². The molecule has 1 heterocycles. The molecule has 0 amide bonds. The van der Waals surface area contributed by atoms with E-state index in [1.54, 1.807) is 54.6 Å². The summed E-state index contributed by atoms with van der Waals surface area (Å²) in [6.07, 6.45) is -2.96. The van der Waals surface area contributed by atoms with Gasteiger partial charge in [-0.2, -0.15) is 0 Å². The zero-order valence-corrected chi connectivity index (χ0v) is 11.3. The average molecular weight is 299 g/mol. The van der Waals surface area contributed by atoms with Gasteiger partial charge in [0.2, 0.25) is 0 Å². The molecule has 3 nitrogen and oxygen atoms in total. The van der Waals surface area contributed by atoms with Crippen LogP contribution in [0, 0.1) is 0 Å². The van der Waals surface area contributed by atoms with Crippen molar-refractivity contribution < 1.29 is 18.7 Å². The molecule has 110 valence electrons. The van der Waals surface area contributed by atoms with Crippen molar-refractivity contribution in [2.24, 2.45) is 0 Å². The highest BCUT2D eigenvalue weighted by Crippen LogP contribution is 2.36. The van der Waals surface area contributed by atoms with Crippen molar-refractivity contribution in [3.63, 3.8) is 0 Å². The molecule has 5 heteroatoms. The smallest absolute Gasteiger partial charge is 0.338 e. The lowest BCUT2D eigenvalue weighted by atomic mass is 9.94. The monoisotopic (exact) mass is 299 g/mol. The Morgan fingerprint density at radius 3 is 2.27 bits per heavy atom. The average Bonchev–Trinajstić information content (AvgIpc) is 2.53. The topological polar surface area (TPSA) is 50.2 Å². The second-order valence-corrected chi connectivity index (χ2v) is 4.74. The minimum Gasteiger partial charge on any atom is -0.478 e. The number of carbonyl (C=O) groups is 1. The van der Waals surface area contributed by atoms with E-state index < -0.39 is 23.7 Å². The molecule has 0 bridgehead atoms. The summed E-state index contributed by atoms with van der Waals surface area (Å²) >= 11 is 0. The van der Waals surface area contributed by atoms with Gasteiger partial charge in [0.05, 0.1) is 11.1 Å². The van der Waals surface area contributed by atoms with Crippen molar-refractivity contribution in [3.05, 3.63) is 65.9 Å². The fraction of sp³-hybridized carbons (Fsp3) is 0.0588. The van der Waals surface area contributed by atoms with Crippen LogP contribution in [0.15, 0.2) is 54.6 Å². The number of aromatic carboxylic acids is 1. The van der Waals surface area contributed by atoms with Crippen molar-refractivity contribution >= 4 is 16.9 Å². The van der Waals surface area contributed by atoms with Crippen LogP contribution >= 0.6 is 0 Å². The number of para-hydroxylation sites is 1. The number of hydrogen-bond acceptors (Lipinski definition) is 2. The van der Waals surface area contributed by atoms with Crippen LogP contribution < -0.4 is 0 Å². The van der Waals surface area contributed by atoms with Gasteiger partial charge in [-0.25, -0.2) is 18.6 Å². The lowest BCUT2D eigenvalue weighted by Gasteiger charge is -2.14. The Morgan fingerprint density at radius 1 is 1.00 bits per heavy atom. The van der Waals surface area contributed by atoms with Crippen LogP contribution in [-0.4, -0.2) is 16.1 Å². The third-order valence-corrected chi connectivity index (χ3v) is 3.40. The van der Waals surface area contributed by atoms with Gasteiger partial charge in [0.25, 0.3) is 6.43 Å². The number of nitrogens with zero attached hydrogens (tertiary/aromatic N) is 1. The summed E-state index contributed by atoms with van der Waals surface area (Å²) in [5.74, 6) is -1.41. The number of hydrogen-bond donors (Lipinski definition) is 1. The largest absolute Gasteiger partial charge is 0.478 e. The molecular formula is C17H11F2NO2. The first kappa shape index (κ1) is 14.1. The predicted molar refractivity (Wildman–Crippen MR) is 79.1 cm³/mol. The molecule has 3 rings (SSSR count). The Morgan fingerprint density at radius 2 is 1.64 bits per heavy atom. The van der Waals surface area contributed by atoms with Gasteiger partial charge < -0.3 is 5.11 Å². The van der Waals surface area contributed by atoms with E-state index in [0.29, 0.717) is 16.5 Å². The number of alkyl halides is 2. The Hall–Kier alpha value is -2.82. The van der Waals surface area contributed by atoms with Gasteiger partial charge in [-0.3, -0.25) is 0 Å². The summed E-state index contributed by atoms with van der Waals surface area (Å²) in [7, 11) is 0. The minimum absolute atomic E-state index is 0.272. The maximum atomic E-state index is 13.3. The summed E-state index contributed by atoms with van der Waals surface area (Å²) in [5, 5.41) is 9.98. The molecule has 0 aliphatic carbocycles. The summed E-state index contributed by atoms with van der Waals surface area (Å²) in [4.78, 5) is 15.4. The maximum absolute atomic E-state index is 13.3. The molecule has 0 radical (unpaired) electrons. The van der Waals surface area contributed by atoms with Crippen LogP contribution in [0.5, 0.6) is 0 Å². The summed E-state index contributed by atoms with van der Waals surface area (Å²) < 4.78 is 26.6. The lowest BCUT2D eigenvalue weighted by molar-refractivity contribution is 0.0683. The van der Waals surface area contributed by atoms with Crippen LogP contribution in [-0.2, 0) is 0 Å². The van der Waals surface area contributed by atoms with Crippen LogP contribution in [0.25, 0.3) is 22.0 Å². The van der Waals surface area contributed by atoms with Gasteiger partial charge >= 0.3 is 5.97 Å². The minimum atomic E-state index is -2.96. The Labute approximate surface area is 124 Å². The standard InChI is InChI=1S/C17H11F2NO2/c18-16(19)15-14(17(21)22)13(10-6-2-1-3-7-10)11-8-4-5-9-12(11)20-15/h1-9,16H,(H,21,22). The number of carboxylic acid groups (broad SMARTS) is 1. The third-order valence-electron chi connectivity index (χ3n) is 3.40. The molecule has 2 aromatic carbocycles. The third kappa shape index (κ3) is 2.30. The first-order chi connectivity index (χ1) is 10.6. The van der Waals surface area contributed by atoms with Crippen LogP contribution in [0.2, 0.25) is 0 Å². The van der Waals surface area contributed by atoms with Crippen molar-refractivity contribution in [1.29, 1.82) is 0 Å². The van der Waals surface area contributed by atoms with E-state index in [1.807, 2.05) is 0 Å². The summed E-state index contributed by atoms with van der Waals surface area (Å²) in [5.41, 5.74) is 0.0426. The van der Waals surface area contributed by atoms with Crippen LogP contribution in [0.4, 0.5) is 8.78 Å². The van der Waals surface area contributed by atoms with Crippen molar-refractivity contribution in [2.75, 3.05) is 0 Å². The number of rotatable bonds is 3. The molecule has 0 aliphatic rings. The number of pyridine rings is 1. The molecule has 0 spiro atoms. The molecule has 0 saturated carbocycles. The SMILES string of the molecule is O=C(O)c1c(C(F)F)nc2ccccc2c1-c1ccccc1. The summed E-state index contributed by atoms with van der Waals surface area (Å²) in [6.45, 7) is 0. The maximum Gasteiger partial charge on any atom is 0.338 e. The molecule has 22 heavy (non-hydrogen) atoms.